The van der Waals surface area contributed by atoms with Crippen LogP contribution in [-0.2, 0) is 4.79 Å². The second-order valence-electron chi connectivity index (χ2n) is 7.05. The second-order valence-corrected chi connectivity index (χ2v) is 8.16. The largest absolute Gasteiger partial charge is 0.348 e. The normalized spacial score (nSPS) is 23.3. The van der Waals surface area contributed by atoms with E-state index in [1.54, 1.807) is 29.5 Å². The molecular weight excluding hydrogens is 347 g/mol. The fourth-order valence-corrected chi connectivity index (χ4v) is 4.93. The molecule has 0 unspecified atom stereocenters. The van der Waals surface area contributed by atoms with E-state index in [0.29, 0.717) is 6.04 Å². The van der Waals surface area contributed by atoms with Gasteiger partial charge >= 0.3 is 0 Å². The fraction of sp³-hybridized carbons (Fsp3) is 0.381. The minimum absolute atomic E-state index is 0.0147. The van der Waals surface area contributed by atoms with E-state index < -0.39 is 0 Å². The first kappa shape index (κ1) is 17.4. The Morgan fingerprint density at radius 3 is 2.81 bits per heavy atom. The molecule has 2 fully saturated rings. The summed E-state index contributed by atoms with van der Waals surface area (Å²) in [6.07, 6.45) is 8.29. The van der Waals surface area contributed by atoms with Crippen molar-refractivity contribution in [3.05, 3.63) is 53.2 Å². The molecule has 2 aliphatic heterocycles. The fourth-order valence-electron chi connectivity index (χ4n) is 4.02. The van der Waals surface area contributed by atoms with E-state index in [2.05, 4.69) is 10.2 Å². The number of nitrogens with zero attached hydrogens (tertiary/aromatic N) is 1. The number of benzene rings is 1. The minimum atomic E-state index is -0.231. The maximum atomic E-state index is 13.0. The summed E-state index contributed by atoms with van der Waals surface area (Å²) < 4.78 is 13.0. The Labute approximate surface area is 157 Å². The summed E-state index contributed by atoms with van der Waals surface area (Å²) >= 11 is 1.60. The zero-order valence-electron chi connectivity index (χ0n) is 14.7. The molecule has 4 rings (SSSR count). The van der Waals surface area contributed by atoms with E-state index in [1.165, 1.54) is 37.9 Å². The Bertz CT molecular complexity index is 799. The lowest BCUT2D eigenvalue weighted by molar-refractivity contribution is -0.117. The van der Waals surface area contributed by atoms with Gasteiger partial charge in [0.25, 0.3) is 0 Å². The van der Waals surface area contributed by atoms with Crippen LogP contribution in [0.5, 0.6) is 0 Å². The molecule has 136 valence electrons. The Hall–Kier alpha value is -1.98. The van der Waals surface area contributed by atoms with Crippen molar-refractivity contribution in [2.75, 3.05) is 13.1 Å². The third kappa shape index (κ3) is 3.89. The maximum Gasteiger partial charge on any atom is 0.244 e. The quantitative estimate of drug-likeness (QED) is 0.814. The van der Waals surface area contributed by atoms with E-state index in [4.69, 9.17) is 0 Å². The van der Waals surface area contributed by atoms with Crippen molar-refractivity contribution in [2.24, 2.45) is 0 Å². The number of rotatable bonds is 4. The van der Waals surface area contributed by atoms with Gasteiger partial charge in [-0.1, -0.05) is 18.6 Å². The van der Waals surface area contributed by atoms with Gasteiger partial charge in [-0.2, -0.15) is 0 Å². The van der Waals surface area contributed by atoms with Gasteiger partial charge in [-0.25, -0.2) is 4.39 Å². The summed E-state index contributed by atoms with van der Waals surface area (Å²) in [5.74, 6) is -0.246. The monoisotopic (exact) mass is 370 g/mol. The van der Waals surface area contributed by atoms with E-state index in [-0.39, 0.29) is 17.8 Å². The van der Waals surface area contributed by atoms with Gasteiger partial charge in [0.05, 0.1) is 0 Å². The van der Waals surface area contributed by atoms with Gasteiger partial charge in [-0.15, -0.1) is 11.3 Å². The molecule has 1 aromatic carbocycles. The van der Waals surface area contributed by atoms with Gasteiger partial charge in [0.2, 0.25) is 5.91 Å². The molecule has 0 spiro atoms. The van der Waals surface area contributed by atoms with Crippen LogP contribution in [0.3, 0.4) is 0 Å². The average Bonchev–Trinajstić information content (AvgIpc) is 3.28. The highest BCUT2D eigenvalue weighted by molar-refractivity contribution is 7.16. The van der Waals surface area contributed by atoms with E-state index >= 15 is 0 Å². The van der Waals surface area contributed by atoms with Gasteiger partial charge in [0.15, 0.2) is 0 Å². The average molecular weight is 370 g/mol. The number of carbonyl (C=O) groups excluding carboxylic acids is 1. The molecule has 1 aromatic heterocycles. The van der Waals surface area contributed by atoms with Crippen LogP contribution < -0.4 is 5.32 Å². The first-order valence-corrected chi connectivity index (χ1v) is 10.1. The number of amides is 1. The SMILES string of the molecule is O=C(/C=C/c1ccc(-c2ccc(F)cc2)s1)N[C@H]1CCN2CCCC[C@H]12. The molecule has 0 saturated carbocycles. The lowest BCUT2D eigenvalue weighted by atomic mass is 9.99. The zero-order chi connectivity index (χ0) is 17.9. The summed E-state index contributed by atoms with van der Waals surface area (Å²) in [6.45, 7) is 2.28. The predicted octanol–water partition coefficient (Wildman–Crippen LogP) is 4.31. The highest BCUT2D eigenvalue weighted by Crippen LogP contribution is 2.29. The van der Waals surface area contributed by atoms with E-state index in [9.17, 15) is 9.18 Å². The van der Waals surface area contributed by atoms with Crippen molar-refractivity contribution in [1.82, 2.24) is 10.2 Å². The number of piperidine rings is 1. The standard InChI is InChI=1S/C21H23FN2OS/c22-16-6-4-15(5-7-16)20-10-8-17(26-20)9-11-21(25)23-18-12-14-24-13-2-1-3-19(18)24/h4-11,18-19H,1-3,12-14H2,(H,23,25)/b11-9+/t18-,19+/m0/s1. The highest BCUT2D eigenvalue weighted by atomic mass is 32.1. The zero-order valence-corrected chi connectivity index (χ0v) is 15.5. The molecule has 2 aromatic rings. The molecule has 0 radical (unpaired) electrons. The summed E-state index contributed by atoms with van der Waals surface area (Å²) in [5, 5.41) is 3.19. The van der Waals surface area contributed by atoms with Crippen LogP contribution in [-0.4, -0.2) is 36.0 Å². The summed E-state index contributed by atoms with van der Waals surface area (Å²) in [7, 11) is 0. The Morgan fingerprint density at radius 2 is 1.96 bits per heavy atom. The molecule has 1 N–H and O–H groups in total. The first-order chi connectivity index (χ1) is 12.7. The second kappa shape index (κ2) is 7.72. The van der Waals surface area contributed by atoms with Crippen molar-refractivity contribution < 1.29 is 9.18 Å². The van der Waals surface area contributed by atoms with Crippen LogP contribution >= 0.6 is 11.3 Å². The molecule has 3 heterocycles. The Balaban J connectivity index is 1.36. The van der Waals surface area contributed by atoms with E-state index in [0.717, 1.165) is 28.3 Å². The number of thiophene rings is 1. The van der Waals surface area contributed by atoms with Gasteiger partial charge in [-0.05, 0) is 61.7 Å². The topological polar surface area (TPSA) is 32.3 Å². The molecule has 2 atom stereocenters. The smallest absolute Gasteiger partial charge is 0.244 e. The van der Waals surface area contributed by atoms with Crippen LogP contribution in [0.2, 0.25) is 0 Å². The third-order valence-electron chi connectivity index (χ3n) is 5.34. The number of fused-ring (bicyclic) bond motifs is 1. The van der Waals surface area contributed by atoms with Crippen molar-refractivity contribution in [2.45, 2.75) is 37.8 Å². The number of halogens is 1. The van der Waals surface area contributed by atoms with Crippen LogP contribution in [0.1, 0.15) is 30.6 Å². The summed E-state index contributed by atoms with van der Waals surface area (Å²) in [6, 6.07) is 11.3. The Morgan fingerprint density at radius 1 is 1.12 bits per heavy atom. The van der Waals surface area contributed by atoms with Crippen LogP contribution in [0.4, 0.5) is 4.39 Å². The van der Waals surface area contributed by atoms with Crippen LogP contribution in [0, 0.1) is 5.82 Å². The van der Waals surface area contributed by atoms with Gasteiger partial charge in [0.1, 0.15) is 5.82 Å². The number of hydrogen-bond acceptors (Lipinski definition) is 3. The van der Waals surface area contributed by atoms with Crippen molar-refractivity contribution in [3.8, 4) is 10.4 Å². The molecule has 3 nitrogen and oxygen atoms in total. The number of hydrogen-bond donors (Lipinski definition) is 1. The number of carbonyl (C=O) groups is 1. The maximum absolute atomic E-state index is 13.0. The van der Waals surface area contributed by atoms with Gasteiger partial charge < -0.3 is 5.32 Å². The minimum Gasteiger partial charge on any atom is -0.348 e. The number of nitrogens with one attached hydrogen (secondary N) is 1. The Kier molecular flexibility index (Phi) is 5.18. The molecular formula is C21H23FN2OS. The lowest BCUT2D eigenvalue weighted by Gasteiger charge is -2.32. The van der Waals surface area contributed by atoms with Crippen molar-refractivity contribution in [3.63, 3.8) is 0 Å². The lowest BCUT2D eigenvalue weighted by Crippen LogP contribution is -2.46. The van der Waals surface area contributed by atoms with Crippen molar-refractivity contribution in [1.29, 1.82) is 0 Å². The molecule has 0 aliphatic carbocycles. The summed E-state index contributed by atoms with van der Waals surface area (Å²) in [5.41, 5.74) is 0.990. The third-order valence-corrected chi connectivity index (χ3v) is 6.44. The van der Waals surface area contributed by atoms with E-state index in [1.807, 2.05) is 18.2 Å². The molecule has 2 aliphatic rings. The van der Waals surface area contributed by atoms with Crippen molar-refractivity contribution >= 4 is 23.3 Å². The van der Waals surface area contributed by atoms with Crippen LogP contribution in [0.15, 0.2) is 42.5 Å². The highest BCUT2D eigenvalue weighted by Gasteiger charge is 2.35. The first-order valence-electron chi connectivity index (χ1n) is 9.27. The molecule has 1 amide bonds. The predicted molar refractivity (Wildman–Crippen MR) is 105 cm³/mol. The molecule has 0 bridgehead atoms. The summed E-state index contributed by atoms with van der Waals surface area (Å²) in [4.78, 5) is 16.9. The van der Waals surface area contributed by atoms with Crippen LogP contribution in [0.25, 0.3) is 16.5 Å². The molecule has 26 heavy (non-hydrogen) atoms. The van der Waals surface area contributed by atoms with Gasteiger partial charge in [0, 0.05) is 34.5 Å². The molecule has 2 saturated heterocycles. The molecule has 5 heteroatoms. The van der Waals surface area contributed by atoms with Gasteiger partial charge in [-0.3, -0.25) is 9.69 Å².